The maximum absolute atomic E-state index is 5.30. The standard InChI is InChI=1S/C8H20N2O2.C5H14N2/c1-8(11-6-2-4-9)12-7-3-5-10;1-7(2)5-3-4-6/h8H,2-7,9-10H2,1H3;3-6H2,1-2H3. The molecule has 0 aliphatic rings. The van der Waals surface area contributed by atoms with E-state index in [1.54, 1.807) is 0 Å². The average molecular weight is 278 g/mol. The summed E-state index contributed by atoms with van der Waals surface area (Å²) >= 11 is 0. The van der Waals surface area contributed by atoms with Crippen molar-refractivity contribution in [1.29, 1.82) is 0 Å². The molecule has 0 rings (SSSR count). The van der Waals surface area contributed by atoms with Crippen LogP contribution in [0.4, 0.5) is 0 Å². The van der Waals surface area contributed by atoms with Crippen molar-refractivity contribution in [3.63, 3.8) is 0 Å². The van der Waals surface area contributed by atoms with Gasteiger partial charge in [0.15, 0.2) is 6.29 Å². The van der Waals surface area contributed by atoms with Crippen molar-refractivity contribution >= 4 is 0 Å². The Morgan fingerprint density at radius 2 is 1.26 bits per heavy atom. The Kier molecular flexibility index (Phi) is 19.7. The van der Waals surface area contributed by atoms with E-state index in [2.05, 4.69) is 19.0 Å². The highest BCUT2D eigenvalue weighted by molar-refractivity contribution is 4.42. The van der Waals surface area contributed by atoms with E-state index in [1.807, 2.05) is 6.92 Å². The van der Waals surface area contributed by atoms with E-state index in [-0.39, 0.29) is 6.29 Å². The Balaban J connectivity index is 0. The van der Waals surface area contributed by atoms with Gasteiger partial charge in [-0.2, -0.15) is 0 Å². The van der Waals surface area contributed by atoms with Crippen LogP contribution in [0.1, 0.15) is 26.2 Å². The molecule has 6 nitrogen and oxygen atoms in total. The first-order valence-corrected chi connectivity index (χ1v) is 7.06. The Bertz CT molecular complexity index is 150. The molecule has 6 N–H and O–H groups in total. The van der Waals surface area contributed by atoms with Crippen LogP contribution in [0.25, 0.3) is 0 Å². The van der Waals surface area contributed by atoms with Crippen molar-refractivity contribution in [3.8, 4) is 0 Å². The molecule has 0 heterocycles. The summed E-state index contributed by atoms with van der Waals surface area (Å²) in [5, 5.41) is 0. The van der Waals surface area contributed by atoms with Crippen LogP contribution in [-0.2, 0) is 9.47 Å². The van der Waals surface area contributed by atoms with Gasteiger partial charge in [0.1, 0.15) is 0 Å². The van der Waals surface area contributed by atoms with Gasteiger partial charge in [0.25, 0.3) is 0 Å². The lowest BCUT2D eigenvalue weighted by atomic mass is 10.4. The Labute approximate surface area is 118 Å². The number of hydrogen-bond donors (Lipinski definition) is 3. The van der Waals surface area contributed by atoms with Crippen molar-refractivity contribution in [3.05, 3.63) is 0 Å². The highest BCUT2D eigenvalue weighted by atomic mass is 16.7. The van der Waals surface area contributed by atoms with Crippen LogP contribution in [0, 0.1) is 0 Å². The molecule has 0 spiro atoms. The number of nitrogens with zero attached hydrogens (tertiary/aromatic N) is 1. The van der Waals surface area contributed by atoms with Gasteiger partial charge in [-0.05, 0) is 66.5 Å². The van der Waals surface area contributed by atoms with Crippen molar-refractivity contribution in [1.82, 2.24) is 4.90 Å². The third-order valence-electron chi connectivity index (χ3n) is 2.21. The van der Waals surface area contributed by atoms with Gasteiger partial charge >= 0.3 is 0 Å². The van der Waals surface area contributed by atoms with Crippen LogP contribution in [0.3, 0.4) is 0 Å². The average Bonchev–Trinajstić information content (AvgIpc) is 2.38. The van der Waals surface area contributed by atoms with Gasteiger partial charge in [-0.3, -0.25) is 0 Å². The van der Waals surface area contributed by atoms with Gasteiger partial charge in [0.05, 0.1) is 13.2 Å². The molecule has 0 aromatic heterocycles. The lowest BCUT2D eigenvalue weighted by Crippen LogP contribution is -2.17. The molecular weight excluding hydrogens is 244 g/mol. The normalized spacial score (nSPS) is 10.7. The second kappa shape index (κ2) is 17.8. The maximum Gasteiger partial charge on any atom is 0.154 e. The van der Waals surface area contributed by atoms with E-state index in [9.17, 15) is 0 Å². The van der Waals surface area contributed by atoms with Crippen LogP contribution >= 0.6 is 0 Å². The minimum absolute atomic E-state index is 0.136. The molecule has 0 saturated heterocycles. The summed E-state index contributed by atoms with van der Waals surface area (Å²) < 4.78 is 10.6. The molecule has 0 bridgehead atoms. The SMILES string of the molecule is CC(OCCCN)OCCCN.CN(C)CCCN. The molecular formula is C13H34N4O2. The summed E-state index contributed by atoms with van der Waals surface area (Å²) in [6, 6.07) is 0. The van der Waals surface area contributed by atoms with Crippen molar-refractivity contribution in [2.24, 2.45) is 17.2 Å². The summed E-state index contributed by atoms with van der Waals surface area (Å²) in [6.07, 6.45) is 2.73. The smallest absolute Gasteiger partial charge is 0.154 e. The van der Waals surface area contributed by atoms with E-state index < -0.39 is 0 Å². The molecule has 0 fully saturated rings. The fourth-order valence-corrected chi connectivity index (χ4v) is 1.12. The van der Waals surface area contributed by atoms with E-state index in [0.717, 1.165) is 32.4 Å². The molecule has 0 aromatic rings. The highest BCUT2D eigenvalue weighted by Crippen LogP contribution is 1.95. The van der Waals surface area contributed by atoms with Gasteiger partial charge in [-0.15, -0.1) is 0 Å². The summed E-state index contributed by atoms with van der Waals surface area (Å²) in [5.74, 6) is 0. The van der Waals surface area contributed by atoms with Crippen LogP contribution in [0.15, 0.2) is 0 Å². The third-order valence-corrected chi connectivity index (χ3v) is 2.21. The maximum atomic E-state index is 5.30. The summed E-state index contributed by atoms with van der Waals surface area (Å²) in [7, 11) is 4.10. The van der Waals surface area contributed by atoms with Crippen molar-refractivity contribution < 1.29 is 9.47 Å². The molecule has 0 radical (unpaired) electrons. The van der Waals surface area contributed by atoms with Crippen LogP contribution < -0.4 is 17.2 Å². The van der Waals surface area contributed by atoms with E-state index in [1.165, 1.54) is 0 Å². The Morgan fingerprint density at radius 3 is 1.53 bits per heavy atom. The zero-order valence-electron chi connectivity index (χ0n) is 12.9. The van der Waals surface area contributed by atoms with Gasteiger partial charge in [0, 0.05) is 0 Å². The summed E-state index contributed by atoms with van der Waals surface area (Å²) in [4.78, 5) is 2.13. The quantitative estimate of drug-likeness (QED) is 0.362. The fraction of sp³-hybridized carbons (Fsp3) is 1.00. The predicted octanol–water partition coefficient (Wildman–Crippen LogP) is -0.0400. The fourth-order valence-electron chi connectivity index (χ4n) is 1.12. The van der Waals surface area contributed by atoms with Gasteiger partial charge in [0.2, 0.25) is 0 Å². The van der Waals surface area contributed by atoms with E-state index in [0.29, 0.717) is 26.3 Å². The Morgan fingerprint density at radius 1 is 0.842 bits per heavy atom. The van der Waals surface area contributed by atoms with E-state index >= 15 is 0 Å². The molecule has 0 aromatic carbocycles. The van der Waals surface area contributed by atoms with Gasteiger partial charge in [-0.25, -0.2) is 0 Å². The topological polar surface area (TPSA) is 99.8 Å². The summed E-state index contributed by atoms with van der Waals surface area (Å²) in [6.45, 7) is 6.45. The number of hydrogen-bond acceptors (Lipinski definition) is 6. The second-order valence-corrected chi connectivity index (χ2v) is 4.54. The first kappa shape index (κ1) is 21.1. The number of rotatable bonds is 11. The summed E-state index contributed by atoms with van der Waals surface area (Å²) in [5.41, 5.74) is 15.8. The molecule has 19 heavy (non-hydrogen) atoms. The van der Waals surface area contributed by atoms with Crippen LogP contribution in [0.5, 0.6) is 0 Å². The molecule has 0 atom stereocenters. The number of nitrogens with two attached hydrogens (primary N) is 3. The zero-order chi connectivity index (χ0) is 14.9. The molecule has 0 unspecified atom stereocenters. The van der Waals surface area contributed by atoms with Crippen LogP contribution in [0.2, 0.25) is 0 Å². The second-order valence-electron chi connectivity index (χ2n) is 4.54. The molecule has 6 heteroatoms. The minimum Gasteiger partial charge on any atom is -0.353 e. The van der Waals surface area contributed by atoms with Crippen LogP contribution in [-0.4, -0.2) is 64.7 Å². The van der Waals surface area contributed by atoms with E-state index in [4.69, 9.17) is 26.7 Å². The number of ether oxygens (including phenoxy) is 2. The molecule has 0 amide bonds. The van der Waals surface area contributed by atoms with Gasteiger partial charge < -0.3 is 31.6 Å². The predicted molar refractivity (Wildman–Crippen MR) is 80.9 cm³/mol. The largest absolute Gasteiger partial charge is 0.353 e. The molecule has 0 aliphatic heterocycles. The monoisotopic (exact) mass is 278 g/mol. The molecule has 0 saturated carbocycles. The van der Waals surface area contributed by atoms with Crippen molar-refractivity contribution in [2.75, 3.05) is 53.5 Å². The first-order valence-electron chi connectivity index (χ1n) is 7.06. The first-order chi connectivity index (χ1) is 9.08. The highest BCUT2D eigenvalue weighted by Gasteiger charge is 1.99. The Hall–Kier alpha value is -0.240. The zero-order valence-corrected chi connectivity index (χ0v) is 12.9. The molecule has 0 aliphatic carbocycles. The lowest BCUT2D eigenvalue weighted by molar-refractivity contribution is -0.130. The minimum atomic E-state index is -0.136. The van der Waals surface area contributed by atoms with Gasteiger partial charge in [-0.1, -0.05) is 0 Å². The molecule has 118 valence electrons. The third kappa shape index (κ3) is 23.3. The van der Waals surface area contributed by atoms with Crippen molar-refractivity contribution in [2.45, 2.75) is 32.5 Å². The lowest BCUT2D eigenvalue weighted by Gasteiger charge is -2.13.